The van der Waals surface area contributed by atoms with Gasteiger partial charge in [0.1, 0.15) is 0 Å². The Morgan fingerprint density at radius 2 is 1.62 bits per heavy atom. The molecule has 5 nitrogen and oxygen atoms in total. The number of hydrogen-bond acceptors (Lipinski definition) is 5. The first-order valence-electron chi connectivity index (χ1n) is 6.75. The number of rotatable bonds is 7. The molecule has 0 aromatic heterocycles. The molecule has 0 saturated heterocycles. The van der Waals surface area contributed by atoms with Crippen molar-refractivity contribution in [3.63, 3.8) is 0 Å². The highest BCUT2D eigenvalue weighted by molar-refractivity contribution is 9.10. The third-order valence-electron chi connectivity index (χ3n) is 2.87. The van der Waals surface area contributed by atoms with Crippen LogP contribution in [0.25, 0.3) is 0 Å². The summed E-state index contributed by atoms with van der Waals surface area (Å²) in [5.74, 6) is -2.40. The number of halogens is 1. The number of carbonyl (C=O) groups excluding carboxylic acids is 2. The van der Waals surface area contributed by atoms with Crippen LogP contribution in [-0.4, -0.2) is 36.4 Å². The standard InChI is InChI=1S/C15H19BrO5/c1-3-20-14(18)12(13(17)15(19)21-4-2)9-10-5-7-11(16)8-6-10/h5-8,12-13,17H,3-4,9H2,1-2H3/t12-,13+/m1/s1. The van der Waals surface area contributed by atoms with Crippen LogP contribution < -0.4 is 0 Å². The number of esters is 2. The molecule has 2 atom stereocenters. The SMILES string of the molecule is CCOC(=O)[C@@H](O)[C@@H](Cc1ccc(Br)cc1)C(=O)OCC. The van der Waals surface area contributed by atoms with Gasteiger partial charge in [0.05, 0.1) is 19.1 Å². The largest absolute Gasteiger partial charge is 0.466 e. The van der Waals surface area contributed by atoms with Gasteiger partial charge in [0.25, 0.3) is 0 Å². The van der Waals surface area contributed by atoms with Gasteiger partial charge >= 0.3 is 11.9 Å². The van der Waals surface area contributed by atoms with Crippen molar-refractivity contribution in [2.24, 2.45) is 5.92 Å². The van der Waals surface area contributed by atoms with E-state index in [1.807, 2.05) is 24.3 Å². The normalized spacial score (nSPS) is 13.3. The van der Waals surface area contributed by atoms with Crippen molar-refractivity contribution in [1.29, 1.82) is 0 Å². The molecule has 1 rings (SSSR count). The molecular formula is C15H19BrO5. The van der Waals surface area contributed by atoms with E-state index in [2.05, 4.69) is 15.9 Å². The van der Waals surface area contributed by atoms with Crippen LogP contribution in [0, 0.1) is 5.92 Å². The minimum atomic E-state index is -1.53. The Bertz CT molecular complexity index is 471. The topological polar surface area (TPSA) is 72.8 Å². The Morgan fingerprint density at radius 1 is 1.10 bits per heavy atom. The van der Waals surface area contributed by atoms with Crippen molar-refractivity contribution in [2.45, 2.75) is 26.4 Å². The lowest BCUT2D eigenvalue weighted by Crippen LogP contribution is -2.38. The molecule has 0 unspecified atom stereocenters. The lowest BCUT2D eigenvalue weighted by Gasteiger charge is -2.20. The van der Waals surface area contributed by atoms with Crippen LogP contribution in [0.4, 0.5) is 0 Å². The van der Waals surface area contributed by atoms with Crippen LogP contribution in [0.3, 0.4) is 0 Å². The maximum atomic E-state index is 12.0. The highest BCUT2D eigenvalue weighted by atomic mass is 79.9. The van der Waals surface area contributed by atoms with E-state index in [1.54, 1.807) is 13.8 Å². The molecule has 1 N–H and O–H groups in total. The minimum absolute atomic E-state index is 0.143. The zero-order valence-corrected chi connectivity index (χ0v) is 13.6. The molecule has 0 fully saturated rings. The summed E-state index contributed by atoms with van der Waals surface area (Å²) in [6.07, 6.45) is -1.33. The van der Waals surface area contributed by atoms with E-state index in [0.29, 0.717) is 0 Å². The second-order valence-electron chi connectivity index (χ2n) is 4.39. The third kappa shape index (κ3) is 5.47. The van der Waals surface area contributed by atoms with E-state index in [4.69, 9.17) is 9.47 Å². The predicted octanol–water partition coefficient (Wildman–Crippen LogP) is 2.09. The number of aliphatic hydroxyl groups excluding tert-OH is 1. The third-order valence-corrected chi connectivity index (χ3v) is 3.40. The fourth-order valence-corrected chi connectivity index (χ4v) is 2.10. The zero-order chi connectivity index (χ0) is 15.8. The molecule has 0 aliphatic carbocycles. The molecule has 0 aliphatic rings. The number of carbonyl (C=O) groups is 2. The number of benzene rings is 1. The first-order valence-corrected chi connectivity index (χ1v) is 7.54. The van der Waals surface area contributed by atoms with Gasteiger partial charge in [-0.05, 0) is 38.0 Å². The summed E-state index contributed by atoms with van der Waals surface area (Å²) in [4.78, 5) is 23.6. The van der Waals surface area contributed by atoms with Crippen molar-refractivity contribution in [3.8, 4) is 0 Å². The highest BCUT2D eigenvalue weighted by Gasteiger charge is 2.34. The monoisotopic (exact) mass is 358 g/mol. The quantitative estimate of drug-likeness (QED) is 0.755. The Labute approximate surface area is 132 Å². The smallest absolute Gasteiger partial charge is 0.335 e. The average Bonchev–Trinajstić information content (AvgIpc) is 2.46. The zero-order valence-electron chi connectivity index (χ0n) is 12.0. The highest BCUT2D eigenvalue weighted by Crippen LogP contribution is 2.18. The van der Waals surface area contributed by atoms with Gasteiger partial charge in [0, 0.05) is 4.47 Å². The number of aliphatic hydroxyl groups is 1. The van der Waals surface area contributed by atoms with Crippen LogP contribution in [0.1, 0.15) is 19.4 Å². The molecule has 0 spiro atoms. The summed E-state index contributed by atoms with van der Waals surface area (Å²) >= 11 is 3.32. The van der Waals surface area contributed by atoms with E-state index in [9.17, 15) is 14.7 Å². The maximum absolute atomic E-state index is 12.0. The first-order chi connectivity index (χ1) is 9.99. The fraction of sp³-hybridized carbons (Fsp3) is 0.467. The van der Waals surface area contributed by atoms with Crippen LogP contribution in [0.2, 0.25) is 0 Å². The van der Waals surface area contributed by atoms with Gasteiger partial charge in [-0.15, -0.1) is 0 Å². The molecule has 0 aliphatic heterocycles. The predicted molar refractivity (Wildman–Crippen MR) is 80.6 cm³/mol. The Hall–Kier alpha value is -1.40. The molecule has 0 saturated carbocycles. The average molecular weight is 359 g/mol. The Balaban J connectivity index is 2.88. The Morgan fingerprint density at radius 3 is 2.14 bits per heavy atom. The number of hydrogen-bond donors (Lipinski definition) is 1. The van der Waals surface area contributed by atoms with Gasteiger partial charge in [-0.25, -0.2) is 4.79 Å². The molecule has 21 heavy (non-hydrogen) atoms. The summed E-state index contributed by atoms with van der Waals surface area (Å²) in [5, 5.41) is 10.0. The van der Waals surface area contributed by atoms with Gasteiger partial charge in [-0.2, -0.15) is 0 Å². The van der Waals surface area contributed by atoms with Crippen LogP contribution >= 0.6 is 15.9 Å². The van der Waals surface area contributed by atoms with E-state index in [-0.39, 0.29) is 19.6 Å². The second-order valence-corrected chi connectivity index (χ2v) is 5.30. The van der Waals surface area contributed by atoms with Crippen molar-refractivity contribution in [3.05, 3.63) is 34.3 Å². The van der Waals surface area contributed by atoms with Crippen molar-refractivity contribution in [2.75, 3.05) is 13.2 Å². The first kappa shape index (κ1) is 17.7. The summed E-state index contributed by atoms with van der Waals surface area (Å²) in [7, 11) is 0. The summed E-state index contributed by atoms with van der Waals surface area (Å²) in [6, 6.07) is 7.28. The van der Waals surface area contributed by atoms with Gasteiger partial charge < -0.3 is 14.6 Å². The number of ether oxygens (including phenoxy) is 2. The fourth-order valence-electron chi connectivity index (χ4n) is 1.84. The lowest BCUT2D eigenvalue weighted by molar-refractivity contribution is -0.166. The second kappa shape index (κ2) is 8.79. The van der Waals surface area contributed by atoms with Crippen LogP contribution in [0.15, 0.2) is 28.7 Å². The van der Waals surface area contributed by atoms with Crippen molar-refractivity contribution >= 4 is 27.9 Å². The maximum Gasteiger partial charge on any atom is 0.335 e. The molecule has 6 heteroatoms. The molecular weight excluding hydrogens is 340 g/mol. The van der Waals surface area contributed by atoms with Crippen LogP contribution in [0.5, 0.6) is 0 Å². The van der Waals surface area contributed by atoms with E-state index >= 15 is 0 Å². The van der Waals surface area contributed by atoms with E-state index < -0.39 is 24.0 Å². The lowest BCUT2D eigenvalue weighted by atomic mass is 9.94. The Kier molecular flexibility index (Phi) is 7.39. The van der Waals surface area contributed by atoms with Gasteiger partial charge in [-0.3, -0.25) is 4.79 Å². The molecule has 0 radical (unpaired) electrons. The van der Waals surface area contributed by atoms with Gasteiger partial charge in [0.15, 0.2) is 6.10 Å². The van der Waals surface area contributed by atoms with Crippen LogP contribution in [-0.2, 0) is 25.5 Å². The molecule has 1 aromatic carbocycles. The van der Waals surface area contributed by atoms with Crippen molar-refractivity contribution in [1.82, 2.24) is 0 Å². The van der Waals surface area contributed by atoms with Crippen molar-refractivity contribution < 1.29 is 24.2 Å². The molecule has 0 bridgehead atoms. The minimum Gasteiger partial charge on any atom is -0.466 e. The van der Waals surface area contributed by atoms with Gasteiger partial charge in [-0.1, -0.05) is 28.1 Å². The molecule has 0 heterocycles. The summed E-state index contributed by atoms with van der Waals surface area (Å²) in [5.41, 5.74) is 0.819. The van der Waals surface area contributed by atoms with Gasteiger partial charge in [0.2, 0.25) is 0 Å². The molecule has 116 valence electrons. The summed E-state index contributed by atoms with van der Waals surface area (Å²) in [6.45, 7) is 3.64. The summed E-state index contributed by atoms with van der Waals surface area (Å²) < 4.78 is 10.6. The van der Waals surface area contributed by atoms with E-state index in [0.717, 1.165) is 10.0 Å². The van der Waals surface area contributed by atoms with E-state index in [1.165, 1.54) is 0 Å². The molecule has 0 amide bonds. The molecule has 1 aromatic rings.